The van der Waals surface area contributed by atoms with Crippen molar-refractivity contribution < 1.29 is 4.79 Å². The second-order valence-electron chi connectivity index (χ2n) is 6.99. The molecule has 3 aromatic carbocycles. The molecule has 3 aromatic rings. The number of amides is 1. The van der Waals surface area contributed by atoms with E-state index in [9.17, 15) is 4.79 Å². The first-order chi connectivity index (χ1) is 14.3. The maximum Gasteiger partial charge on any atom is 0.251 e. The average molecular weight is 403 g/mol. The minimum Gasteiger partial charge on any atom is -0.352 e. The highest BCUT2D eigenvalue weighted by Crippen LogP contribution is 2.53. The van der Waals surface area contributed by atoms with Crippen LogP contribution in [0.1, 0.15) is 16.8 Å². The Hall–Kier alpha value is -2.84. The standard InChI is InChI=1S/C24H26N3OP/c28-24(21-11-4-1-5-12-21)25-17-10-20-29-26(22-13-6-2-7-14-22)18-19-27(29)23-15-8-3-9-16-23/h1-9,11-16H,10,17-20H2,(H,25,28). The maximum atomic E-state index is 12.3. The molecule has 1 N–H and O–H groups in total. The van der Waals surface area contributed by atoms with E-state index in [-0.39, 0.29) is 5.91 Å². The summed E-state index contributed by atoms with van der Waals surface area (Å²) in [6.45, 7) is 2.75. The molecule has 148 valence electrons. The fourth-order valence-corrected chi connectivity index (χ4v) is 6.26. The van der Waals surface area contributed by atoms with E-state index >= 15 is 0 Å². The van der Waals surface area contributed by atoms with E-state index in [0.717, 1.165) is 31.2 Å². The second kappa shape index (κ2) is 9.58. The Morgan fingerprint density at radius 3 is 1.76 bits per heavy atom. The Balaban J connectivity index is 1.41. The number of para-hydroxylation sites is 2. The molecule has 0 aromatic heterocycles. The number of benzene rings is 3. The van der Waals surface area contributed by atoms with Crippen molar-refractivity contribution in [2.45, 2.75) is 6.42 Å². The van der Waals surface area contributed by atoms with Crippen molar-refractivity contribution >= 4 is 25.5 Å². The smallest absolute Gasteiger partial charge is 0.251 e. The van der Waals surface area contributed by atoms with Gasteiger partial charge in [-0.2, -0.15) is 0 Å². The van der Waals surface area contributed by atoms with E-state index in [1.165, 1.54) is 11.4 Å². The van der Waals surface area contributed by atoms with Gasteiger partial charge >= 0.3 is 0 Å². The molecule has 0 radical (unpaired) electrons. The normalized spacial score (nSPS) is 14.2. The Labute approximate surface area is 174 Å². The van der Waals surface area contributed by atoms with Gasteiger partial charge in [0, 0.05) is 42.7 Å². The number of nitrogens with zero attached hydrogens (tertiary/aromatic N) is 2. The minimum atomic E-state index is -0.494. The summed E-state index contributed by atoms with van der Waals surface area (Å²) < 4.78 is 5.09. The largest absolute Gasteiger partial charge is 0.352 e. The number of anilines is 2. The summed E-state index contributed by atoms with van der Waals surface area (Å²) in [7, 11) is -0.494. The number of hydrogen-bond donors (Lipinski definition) is 1. The van der Waals surface area contributed by atoms with Crippen molar-refractivity contribution in [1.82, 2.24) is 5.32 Å². The zero-order valence-electron chi connectivity index (χ0n) is 16.4. The van der Waals surface area contributed by atoms with Gasteiger partial charge < -0.3 is 14.7 Å². The highest BCUT2D eigenvalue weighted by atomic mass is 31.1. The lowest BCUT2D eigenvalue weighted by atomic mass is 10.2. The van der Waals surface area contributed by atoms with Crippen LogP contribution < -0.4 is 14.7 Å². The summed E-state index contributed by atoms with van der Waals surface area (Å²) in [6, 6.07) is 30.8. The van der Waals surface area contributed by atoms with E-state index in [0.29, 0.717) is 6.54 Å². The first-order valence-electron chi connectivity index (χ1n) is 10.1. The quantitative estimate of drug-likeness (QED) is 0.438. The highest BCUT2D eigenvalue weighted by molar-refractivity contribution is 7.61. The number of carbonyl (C=O) groups excluding carboxylic acids is 1. The van der Waals surface area contributed by atoms with Gasteiger partial charge in [-0.15, -0.1) is 0 Å². The molecule has 4 rings (SSSR count). The predicted octanol–water partition coefficient (Wildman–Crippen LogP) is 5.15. The van der Waals surface area contributed by atoms with Gasteiger partial charge in [0.05, 0.1) is 8.22 Å². The van der Waals surface area contributed by atoms with Crippen molar-refractivity contribution in [3.05, 3.63) is 96.6 Å². The molecule has 5 heteroatoms. The van der Waals surface area contributed by atoms with E-state index in [1.54, 1.807) is 0 Å². The van der Waals surface area contributed by atoms with Crippen molar-refractivity contribution in [3.8, 4) is 0 Å². The topological polar surface area (TPSA) is 35.6 Å². The van der Waals surface area contributed by atoms with Gasteiger partial charge in [-0.25, -0.2) is 0 Å². The lowest BCUT2D eigenvalue weighted by molar-refractivity contribution is 0.0954. The third-order valence-corrected chi connectivity index (χ3v) is 7.74. The number of nitrogens with one attached hydrogen (secondary N) is 1. The molecule has 1 aliphatic heterocycles. The monoisotopic (exact) mass is 403 g/mol. The SMILES string of the molecule is O=C(NCCCP1N(c2ccccc2)CCN1c1ccccc1)c1ccccc1. The third-order valence-electron chi connectivity index (χ3n) is 5.05. The van der Waals surface area contributed by atoms with Gasteiger partial charge in [0.15, 0.2) is 0 Å². The Bertz CT molecular complexity index is 858. The molecule has 4 nitrogen and oxygen atoms in total. The third kappa shape index (κ3) is 4.78. The van der Waals surface area contributed by atoms with Crippen LogP contribution in [0.5, 0.6) is 0 Å². The number of hydrogen-bond acceptors (Lipinski definition) is 3. The number of carbonyl (C=O) groups is 1. The molecule has 1 aliphatic rings. The van der Waals surface area contributed by atoms with Crippen molar-refractivity contribution in [2.75, 3.05) is 35.1 Å². The maximum absolute atomic E-state index is 12.3. The van der Waals surface area contributed by atoms with Crippen LogP contribution in [0, 0.1) is 0 Å². The van der Waals surface area contributed by atoms with E-state index < -0.39 is 8.22 Å². The summed E-state index contributed by atoms with van der Waals surface area (Å²) in [6.07, 6.45) is 2.01. The van der Waals surface area contributed by atoms with Gasteiger partial charge in [-0.3, -0.25) is 4.79 Å². The minimum absolute atomic E-state index is 0.00429. The van der Waals surface area contributed by atoms with Gasteiger partial charge in [0.25, 0.3) is 5.91 Å². The van der Waals surface area contributed by atoms with Gasteiger partial charge in [-0.1, -0.05) is 54.6 Å². The predicted molar refractivity (Wildman–Crippen MR) is 123 cm³/mol. The average Bonchev–Trinajstić information content (AvgIpc) is 3.22. The molecule has 0 bridgehead atoms. The zero-order valence-corrected chi connectivity index (χ0v) is 17.3. The van der Waals surface area contributed by atoms with Crippen LogP contribution in [-0.4, -0.2) is 31.7 Å². The Morgan fingerprint density at radius 1 is 0.759 bits per heavy atom. The molecule has 0 saturated carbocycles. The van der Waals surface area contributed by atoms with Crippen LogP contribution in [0.3, 0.4) is 0 Å². The first kappa shape index (κ1) is 19.5. The summed E-state index contributed by atoms with van der Waals surface area (Å²) in [5.74, 6) is 0.00429. The number of rotatable bonds is 7. The zero-order chi connectivity index (χ0) is 19.9. The van der Waals surface area contributed by atoms with Gasteiger partial charge in [-0.05, 0) is 42.8 Å². The lowest BCUT2D eigenvalue weighted by Crippen LogP contribution is -2.26. The van der Waals surface area contributed by atoms with Crippen molar-refractivity contribution in [1.29, 1.82) is 0 Å². The van der Waals surface area contributed by atoms with Crippen LogP contribution in [0.4, 0.5) is 11.4 Å². The van der Waals surface area contributed by atoms with Crippen LogP contribution in [0.25, 0.3) is 0 Å². The fourth-order valence-electron chi connectivity index (χ4n) is 3.63. The van der Waals surface area contributed by atoms with Gasteiger partial charge in [0.2, 0.25) is 0 Å². The van der Waals surface area contributed by atoms with Gasteiger partial charge in [0.1, 0.15) is 0 Å². The molecule has 0 spiro atoms. The fraction of sp³-hybridized carbons (Fsp3) is 0.208. The van der Waals surface area contributed by atoms with E-state index in [1.807, 2.05) is 30.3 Å². The summed E-state index contributed by atoms with van der Waals surface area (Å²) in [4.78, 5) is 12.3. The van der Waals surface area contributed by atoms with Crippen LogP contribution in [0.2, 0.25) is 0 Å². The second-order valence-corrected chi connectivity index (χ2v) is 9.15. The molecule has 0 aliphatic carbocycles. The Kier molecular flexibility index (Phi) is 6.43. The highest BCUT2D eigenvalue weighted by Gasteiger charge is 2.32. The Morgan fingerprint density at radius 2 is 1.24 bits per heavy atom. The lowest BCUT2D eigenvalue weighted by Gasteiger charge is -2.32. The molecule has 1 heterocycles. The molecule has 29 heavy (non-hydrogen) atoms. The first-order valence-corrected chi connectivity index (χ1v) is 11.5. The van der Waals surface area contributed by atoms with E-state index in [4.69, 9.17) is 0 Å². The van der Waals surface area contributed by atoms with Crippen LogP contribution >= 0.6 is 8.22 Å². The van der Waals surface area contributed by atoms with Crippen LogP contribution in [-0.2, 0) is 0 Å². The molecular formula is C24H26N3OP. The molecule has 0 atom stereocenters. The molecule has 1 amide bonds. The summed E-state index contributed by atoms with van der Waals surface area (Å²) >= 11 is 0. The molecular weight excluding hydrogens is 377 g/mol. The molecule has 1 fully saturated rings. The molecule has 0 unspecified atom stereocenters. The molecule has 1 saturated heterocycles. The van der Waals surface area contributed by atoms with Crippen molar-refractivity contribution in [3.63, 3.8) is 0 Å². The van der Waals surface area contributed by atoms with Crippen LogP contribution in [0.15, 0.2) is 91.0 Å². The van der Waals surface area contributed by atoms with Crippen molar-refractivity contribution in [2.24, 2.45) is 0 Å². The summed E-state index contributed by atoms with van der Waals surface area (Å²) in [5.41, 5.74) is 3.28. The summed E-state index contributed by atoms with van der Waals surface area (Å²) in [5, 5.41) is 3.07. The van der Waals surface area contributed by atoms with E-state index in [2.05, 4.69) is 75.3 Å².